The van der Waals surface area contributed by atoms with Gasteiger partial charge in [-0.05, 0) is 30.6 Å². The van der Waals surface area contributed by atoms with Gasteiger partial charge in [-0.1, -0.05) is 10.6 Å². The topological polar surface area (TPSA) is 84.0 Å². The van der Waals surface area contributed by atoms with Gasteiger partial charge in [0.15, 0.2) is 0 Å². The average molecular weight is 274 g/mol. The van der Waals surface area contributed by atoms with E-state index in [0.717, 1.165) is 22.8 Å². The van der Waals surface area contributed by atoms with Crippen LogP contribution in [-0.4, -0.2) is 21.4 Å². The second-order valence-electron chi connectivity index (χ2n) is 4.20. The number of hydrogen-bond donors (Lipinski definition) is 2. The Morgan fingerprint density at radius 3 is 3.05 bits per heavy atom. The van der Waals surface area contributed by atoms with Gasteiger partial charge in [-0.15, -0.1) is 5.10 Å². The summed E-state index contributed by atoms with van der Waals surface area (Å²) >= 11 is 1.06. The van der Waals surface area contributed by atoms with Crippen LogP contribution in [0, 0.1) is 6.92 Å². The van der Waals surface area contributed by atoms with Crippen LogP contribution in [0.5, 0.6) is 0 Å². The van der Waals surface area contributed by atoms with Gasteiger partial charge >= 0.3 is 0 Å². The number of fused-ring (bicyclic) bond motifs is 1. The lowest BCUT2D eigenvalue weighted by Crippen LogP contribution is -2.13. The van der Waals surface area contributed by atoms with E-state index in [1.807, 2.05) is 6.07 Å². The maximum Gasteiger partial charge on any atom is 0.269 e. The number of amides is 2. The summed E-state index contributed by atoms with van der Waals surface area (Å²) < 4.78 is 3.73. The van der Waals surface area contributed by atoms with Crippen LogP contribution in [0.3, 0.4) is 0 Å². The van der Waals surface area contributed by atoms with E-state index >= 15 is 0 Å². The first-order valence-corrected chi connectivity index (χ1v) is 6.44. The third kappa shape index (κ3) is 2.08. The summed E-state index contributed by atoms with van der Waals surface area (Å²) in [7, 11) is 0. The number of carbonyl (C=O) groups excluding carboxylic acids is 2. The van der Waals surface area contributed by atoms with Crippen molar-refractivity contribution in [3.05, 3.63) is 34.3 Å². The third-order valence-corrected chi connectivity index (χ3v) is 3.72. The molecule has 3 rings (SSSR count). The summed E-state index contributed by atoms with van der Waals surface area (Å²) in [4.78, 5) is 24.0. The quantitative estimate of drug-likeness (QED) is 0.871. The molecule has 2 N–H and O–H groups in total. The second kappa shape index (κ2) is 4.43. The van der Waals surface area contributed by atoms with E-state index < -0.39 is 0 Å². The van der Waals surface area contributed by atoms with E-state index in [2.05, 4.69) is 20.2 Å². The van der Waals surface area contributed by atoms with E-state index in [1.165, 1.54) is 0 Å². The van der Waals surface area contributed by atoms with E-state index in [0.29, 0.717) is 16.3 Å². The number of benzene rings is 1. The molecule has 96 valence electrons. The van der Waals surface area contributed by atoms with Crippen LogP contribution in [0.15, 0.2) is 18.2 Å². The van der Waals surface area contributed by atoms with Crippen molar-refractivity contribution >= 4 is 34.7 Å². The number of aromatic nitrogens is 2. The summed E-state index contributed by atoms with van der Waals surface area (Å²) in [5.74, 6) is -0.312. The predicted octanol–water partition coefficient (Wildman–Crippen LogP) is 1.59. The minimum absolute atomic E-state index is 0.0627. The highest BCUT2D eigenvalue weighted by Crippen LogP contribution is 2.30. The van der Waals surface area contributed by atoms with Gasteiger partial charge in [0, 0.05) is 16.9 Å². The van der Waals surface area contributed by atoms with Crippen molar-refractivity contribution < 1.29 is 9.59 Å². The van der Waals surface area contributed by atoms with Crippen molar-refractivity contribution in [3.63, 3.8) is 0 Å². The van der Waals surface area contributed by atoms with E-state index in [4.69, 9.17) is 0 Å². The molecule has 1 aromatic carbocycles. The molecule has 2 aromatic rings. The number of aryl methyl sites for hydroxylation is 1. The number of nitrogens with one attached hydrogen (secondary N) is 2. The lowest BCUT2D eigenvalue weighted by Gasteiger charge is -2.08. The number of nitrogens with zero attached hydrogens (tertiary/aromatic N) is 2. The monoisotopic (exact) mass is 274 g/mol. The SMILES string of the molecule is Cc1nnsc1C(=O)Nc1cccc2c1CC(=O)N2. The average Bonchev–Trinajstić information content (AvgIpc) is 2.94. The first-order valence-electron chi connectivity index (χ1n) is 5.67. The van der Waals surface area contributed by atoms with Crippen LogP contribution >= 0.6 is 11.5 Å². The fourth-order valence-corrected chi connectivity index (χ4v) is 2.54. The molecule has 19 heavy (non-hydrogen) atoms. The van der Waals surface area contributed by atoms with Crippen LogP contribution in [0.25, 0.3) is 0 Å². The van der Waals surface area contributed by atoms with Crippen molar-refractivity contribution in [2.75, 3.05) is 10.6 Å². The fourth-order valence-electron chi connectivity index (χ4n) is 1.99. The Bertz CT molecular complexity index is 680. The molecule has 0 bridgehead atoms. The molecule has 2 amide bonds. The minimum atomic E-state index is -0.250. The number of rotatable bonds is 2. The van der Waals surface area contributed by atoms with Crippen LogP contribution in [0.2, 0.25) is 0 Å². The number of hydrogen-bond acceptors (Lipinski definition) is 5. The molecule has 0 saturated carbocycles. The van der Waals surface area contributed by atoms with Crippen molar-refractivity contribution in [2.24, 2.45) is 0 Å². The molecule has 0 saturated heterocycles. The molecular formula is C12H10N4O2S. The Hall–Kier alpha value is -2.28. The van der Waals surface area contributed by atoms with Crippen LogP contribution in [-0.2, 0) is 11.2 Å². The highest BCUT2D eigenvalue weighted by Gasteiger charge is 2.22. The molecule has 6 nitrogen and oxygen atoms in total. The maximum absolute atomic E-state index is 12.1. The summed E-state index contributed by atoms with van der Waals surface area (Å²) in [6.45, 7) is 1.74. The second-order valence-corrected chi connectivity index (χ2v) is 4.95. The van der Waals surface area contributed by atoms with Gasteiger partial charge in [-0.2, -0.15) is 0 Å². The predicted molar refractivity (Wildman–Crippen MR) is 71.4 cm³/mol. The van der Waals surface area contributed by atoms with Crippen molar-refractivity contribution in [2.45, 2.75) is 13.3 Å². The zero-order valence-electron chi connectivity index (χ0n) is 10.1. The molecule has 1 aromatic heterocycles. The molecule has 0 spiro atoms. The van der Waals surface area contributed by atoms with Gasteiger partial charge in [0.2, 0.25) is 5.91 Å². The van der Waals surface area contributed by atoms with Crippen molar-refractivity contribution in [1.29, 1.82) is 0 Å². The van der Waals surface area contributed by atoms with Gasteiger partial charge in [0.25, 0.3) is 5.91 Å². The number of carbonyl (C=O) groups is 2. The largest absolute Gasteiger partial charge is 0.325 e. The Morgan fingerprint density at radius 1 is 1.47 bits per heavy atom. The molecule has 1 aliphatic rings. The summed E-state index contributed by atoms with van der Waals surface area (Å²) in [5.41, 5.74) is 2.82. The molecule has 1 aliphatic heterocycles. The molecule has 0 radical (unpaired) electrons. The Balaban J connectivity index is 1.89. The number of anilines is 2. The molecule has 0 atom stereocenters. The van der Waals surface area contributed by atoms with Crippen molar-refractivity contribution in [3.8, 4) is 0 Å². The van der Waals surface area contributed by atoms with Crippen molar-refractivity contribution in [1.82, 2.24) is 9.59 Å². The minimum Gasteiger partial charge on any atom is -0.325 e. The summed E-state index contributed by atoms with van der Waals surface area (Å²) in [5, 5.41) is 9.36. The normalized spacial score (nSPS) is 13.0. The van der Waals surface area contributed by atoms with Crippen LogP contribution in [0.4, 0.5) is 11.4 Å². The fraction of sp³-hybridized carbons (Fsp3) is 0.167. The standard InChI is InChI=1S/C12H10N4O2S/c1-6-11(19-16-15-6)12(18)14-9-4-2-3-8-7(9)5-10(17)13-8/h2-4H,5H2,1H3,(H,13,17)(H,14,18). The molecular weight excluding hydrogens is 264 g/mol. The van der Waals surface area contributed by atoms with Gasteiger partial charge in [0.1, 0.15) is 4.88 Å². The first kappa shape index (κ1) is 11.8. The van der Waals surface area contributed by atoms with Gasteiger partial charge in [-0.3, -0.25) is 9.59 Å². The zero-order valence-corrected chi connectivity index (χ0v) is 10.9. The molecule has 7 heteroatoms. The first-order chi connectivity index (χ1) is 9.15. The highest BCUT2D eigenvalue weighted by molar-refractivity contribution is 7.08. The third-order valence-electron chi connectivity index (χ3n) is 2.89. The van der Waals surface area contributed by atoms with E-state index in [1.54, 1.807) is 19.1 Å². The Morgan fingerprint density at radius 2 is 2.32 bits per heavy atom. The lowest BCUT2D eigenvalue weighted by molar-refractivity contribution is -0.115. The molecule has 0 aliphatic carbocycles. The molecule has 2 heterocycles. The van der Waals surface area contributed by atoms with Crippen LogP contribution < -0.4 is 10.6 Å². The Labute approximate surface area is 113 Å². The lowest BCUT2D eigenvalue weighted by atomic mass is 10.1. The van der Waals surface area contributed by atoms with Crippen LogP contribution in [0.1, 0.15) is 20.9 Å². The van der Waals surface area contributed by atoms with Gasteiger partial charge < -0.3 is 10.6 Å². The Kier molecular flexibility index (Phi) is 2.75. The van der Waals surface area contributed by atoms with Gasteiger partial charge in [0.05, 0.1) is 12.1 Å². The van der Waals surface area contributed by atoms with E-state index in [9.17, 15) is 9.59 Å². The smallest absolute Gasteiger partial charge is 0.269 e. The van der Waals surface area contributed by atoms with Gasteiger partial charge in [-0.25, -0.2) is 0 Å². The maximum atomic E-state index is 12.1. The van der Waals surface area contributed by atoms with E-state index in [-0.39, 0.29) is 18.2 Å². The zero-order chi connectivity index (χ0) is 13.4. The summed E-state index contributed by atoms with van der Waals surface area (Å²) in [6, 6.07) is 5.38. The summed E-state index contributed by atoms with van der Waals surface area (Å²) in [6.07, 6.45) is 0.283. The molecule has 0 fully saturated rings. The highest BCUT2D eigenvalue weighted by atomic mass is 32.1. The molecule has 0 unspecified atom stereocenters.